The number of amides is 1. The molecule has 0 bridgehead atoms. The highest BCUT2D eigenvalue weighted by atomic mass is 16.3. The molecule has 76 valence electrons. The van der Waals surface area contributed by atoms with Gasteiger partial charge in [0.1, 0.15) is 0 Å². The van der Waals surface area contributed by atoms with Crippen molar-refractivity contribution in [3.63, 3.8) is 0 Å². The molecule has 0 aromatic heterocycles. The van der Waals surface area contributed by atoms with Crippen molar-refractivity contribution >= 4 is 5.91 Å². The van der Waals surface area contributed by atoms with E-state index in [2.05, 4.69) is 5.32 Å². The van der Waals surface area contributed by atoms with E-state index in [9.17, 15) is 9.90 Å². The monoisotopic (exact) mass is 186 g/mol. The predicted octanol–water partition coefficient (Wildman–Crippen LogP) is -0.532. The van der Waals surface area contributed by atoms with Crippen molar-refractivity contribution in [3.05, 3.63) is 0 Å². The number of aliphatic hydroxyl groups excluding tert-OH is 1. The largest absolute Gasteiger partial charge is 0.391 e. The lowest BCUT2D eigenvalue weighted by molar-refractivity contribution is -0.124. The molecule has 1 aliphatic carbocycles. The molecule has 13 heavy (non-hydrogen) atoms. The number of carbonyl (C=O) groups is 1. The van der Waals surface area contributed by atoms with Crippen molar-refractivity contribution < 1.29 is 9.90 Å². The van der Waals surface area contributed by atoms with Crippen molar-refractivity contribution in [2.24, 2.45) is 17.6 Å². The molecule has 1 fully saturated rings. The number of rotatable bonds is 5. The summed E-state index contributed by atoms with van der Waals surface area (Å²) in [5.74, 6) is 0.182. The summed E-state index contributed by atoms with van der Waals surface area (Å²) < 4.78 is 0. The van der Waals surface area contributed by atoms with Gasteiger partial charge in [-0.15, -0.1) is 0 Å². The van der Waals surface area contributed by atoms with Crippen molar-refractivity contribution in [1.29, 1.82) is 0 Å². The van der Waals surface area contributed by atoms with Crippen molar-refractivity contribution in [3.8, 4) is 0 Å². The number of carbonyl (C=O) groups excluding carboxylic acids is 1. The quantitative estimate of drug-likeness (QED) is 0.540. The average Bonchev–Trinajstić information content (AvgIpc) is 2.95. The first-order valence-corrected chi connectivity index (χ1v) is 4.81. The first-order chi connectivity index (χ1) is 6.15. The van der Waals surface area contributed by atoms with Gasteiger partial charge in [0.05, 0.1) is 6.10 Å². The van der Waals surface area contributed by atoms with Crippen LogP contribution < -0.4 is 11.1 Å². The second-order valence-electron chi connectivity index (χ2n) is 3.79. The molecule has 4 nitrogen and oxygen atoms in total. The van der Waals surface area contributed by atoms with Crippen molar-refractivity contribution in [2.75, 3.05) is 13.1 Å². The molecule has 0 spiro atoms. The molecule has 0 aromatic carbocycles. The molecule has 1 saturated carbocycles. The van der Waals surface area contributed by atoms with Gasteiger partial charge in [-0.25, -0.2) is 0 Å². The first kappa shape index (κ1) is 10.5. The van der Waals surface area contributed by atoms with E-state index in [4.69, 9.17) is 5.73 Å². The molecule has 4 N–H and O–H groups in total. The fourth-order valence-electron chi connectivity index (χ4n) is 1.13. The fourth-order valence-corrected chi connectivity index (χ4v) is 1.13. The molecule has 0 saturated heterocycles. The standard InChI is InChI=1S/C9H18N2O2/c1-6(4-10)9(13)11-5-8(12)7-2-3-7/h6-8,12H,2-5,10H2,1H3,(H,11,13). The Hall–Kier alpha value is -0.610. The van der Waals surface area contributed by atoms with E-state index in [-0.39, 0.29) is 17.9 Å². The molecule has 0 aromatic rings. The van der Waals surface area contributed by atoms with Crippen LogP contribution in [-0.4, -0.2) is 30.2 Å². The summed E-state index contributed by atoms with van der Waals surface area (Å²) in [5.41, 5.74) is 5.33. The van der Waals surface area contributed by atoms with Crippen molar-refractivity contribution in [2.45, 2.75) is 25.9 Å². The Kier molecular flexibility index (Phi) is 3.69. The second kappa shape index (κ2) is 4.58. The third kappa shape index (κ3) is 3.32. The Morgan fingerprint density at radius 2 is 2.31 bits per heavy atom. The normalized spacial score (nSPS) is 20.8. The topological polar surface area (TPSA) is 75.4 Å². The van der Waals surface area contributed by atoms with E-state index in [0.717, 1.165) is 12.8 Å². The summed E-state index contributed by atoms with van der Waals surface area (Å²) in [7, 11) is 0. The highest BCUT2D eigenvalue weighted by molar-refractivity contribution is 5.78. The van der Waals surface area contributed by atoms with Crippen LogP contribution in [0.25, 0.3) is 0 Å². The molecule has 2 atom stereocenters. The molecular weight excluding hydrogens is 168 g/mol. The Morgan fingerprint density at radius 3 is 2.77 bits per heavy atom. The number of hydrogen-bond acceptors (Lipinski definition) is 3. The van der Waals surface area contributed by atoms with Crippen molar-refractivity contribution in [1.82, 2.24) is 5.32 Å². The summed E-state index contributed by atoms with van der Waals surface area (Å²) in [6, 6.07) is 0. The van der Waals surface area contributed by atoms with E-state index in [1.54, 1.807) is 6.92 Å². The Morgan fingerprint density at radius 1 is 1.69 bits per heavy atom. The third-order valence-corrected chi connectivity index (χ3v) is 2.45. The van der Waals surface area contributed by atoms with E-state index in [1.807, 2.05) is 0 Å². The van der Waals surface area contributed by atoms with E-state index < -0.39 is 0 Å². The second-order valence-corrected chi connectivity index (χ2v) is 3.79. The summed E-state index contributed by atoms with van der Waals surface area (Å²) in [4.78, 5) is 11.2. The molecular formula is C9H18N2O2. The van der Waals surface area contributed by atoms with Gasteiger partial charge in [0, 0.05) is 19.0 Å². The highest BCUT2D eigenvalue weighted by Crippen LogP contribution is 2.32. The number of nitrogens with two attached hydrogens (primary N) is 1. The zero-order valence-electron chi connectivity index (χ0n) is 7.99. The van der Waals surface area contributed by atoms with Crippen LogP contribution in [0.2, 0.25) is 0 Å². The smallest absolute Gasteiger partial charge is 0.224 e. The van der Waals surface area contributed by atoms with Crippen LogP contribution in [-0.2, 0) is 4.79 Å². The maximum Gasteiger partial charge on any atom is 0.224 e. The lowest BCUT2D eigenvalue weighted by Crippen LogP contribution is -2.38. The van der Waals surface area contributed by atoms with Gasteiger partial charge in [-0.1, -0.05) is 6.92 Å². The maximum atomic E-state index is 11.2. The highest BCUT2D eigenvalue weighted by Gasteiger charge is 2.29. The van der Waals surface area contributed by atoms with Crippen LogP contribution in [0.4, 0.5) is 0 Å². The lowest BCUT2D eigenvalue weighted by Gasteiger charge is -2.13. The minimum Gasteiger partial charge on any atom is -0.391 e. The number of hydrogen-bond donors (Lipinski definition) is 3. The van der Waals surface area contributed by atoms with Gasteiger partial charge in [-0.2, -0.15) is 0 Å². The van der Waals surface area contributed by atoms with E-state index >= 15 is 0 Å². The summed E-state index contributed by atoms with van der Waals surface area (Å²) in [6.07, 6.45) is 1.81. The van der Waals surface area contributed by atoms with Gasteiger partial charge in [0.15, 0.2) is 0 Å². The lowest BCUT2D eigenvalue weighted by atomic mass is 10.1. The SMILES string of the molecule is CC(CN)C(=O)NCC(O)C1CC1. The Labute approximate surface area is 78.5 Å². The predicted molar refractivity (Wildman–Crippen MR) is 50.0 cm³/mol. The summed E-state index contributed by atoms with van der Waals surface area (Å²) in [5, 5.41) is 12.1. The zero-order valence-corrected chi connectivity index (χ0v) is 7.99. The van der Waals surface area contributed by atoms with Crippen LogP contribution in [0.1, 0.15) is 19.8 Å². The van der Waals surface area contributed by atoms with Crippen LogP contribution in [0.3, 0.4) is 0 Å². The van der Waals surface area contributed by atoms with Crippen LogP contribution >= 0.6 is 0 Å². The molecule has 0 heterocycles. The van der Waals surface area contributed by atoms with E-state index in [1.165, 1.54) is 0 Å². The van der Waals surface area contributed by atoms with Crippen LogP contribution in [0.15, 0.2) is 0 Å². The van der Waals surface area contributed by atoms with Crippen LogP contribution in [0.5, 0.6) is 0 Å². The maximum absolute atomic E-state index is 11.2. The minimum absolute atomic E-state index is 0.0674. The molecule has 1 rings (SSSR count). The number of aliphatic hydroxyl groups is 1. The molecule has 1 aliphatic rings. The fraction of sp³-hybridized carbons (Fsp3) is 0.889. The van der Waals surface area contributed by atoms with Gasteiger partial charge < -0.3 is 16.2 Å². The molecule has 1 amide bonds. The zero-order chi connectivity index (χ0) is 9.84. The molecule has 2 unspecified atom stereocenters. The van der Waals surface area contributed by atoms with Gasteiger partial charge >= 0.3 is 0 Å². The summed E-state index contributed by atoms with van der Waals surface area (Å²) >= 11 is 0. The van der Waals surface area contributed by atoms with Gasteiger partial charge in [0.25, 0.3) is 0 Å². The summed E-state index contributed by atoms with van der Waals surface area (Å²) in [6.45, 7) is 2.50. The average molecular weight is 186 g/mol. The molecule has 0 aliphatic heterocycles. The minimum atomic E-state index is -0.367. The number of nitrogens with one attached hydrogen (secondary N) is 1. The van der Waals surface area contributed by atoms with E-state index in [0.29, 0.717) is 19.0 Å². The van der Waals surface area contributed by atoms with Gasteiger partial charge in [0.2, 0.25) is 5.91 Å². The van der Waals surface area contributed by atoms with Crippen LogP contribution in [0, 0.1) is 11.8 Å². The molecule has 0 radical (unpaired) electrons. The first-order valence-electron chi connectivity index (χ1n) is 4.81. The Bertz CT molecular complexity index is 180. The van der Waals surface area contributed by atoms with Gasteiger partial charge in [-0.05, 0) is 18.8 Å². The third-order valence-electron chi connectivity index (χ3n) is 2.45. The van der Waals surface area contributed by atoms with Gasteiger partial charge in [-0.3, -0.25) is 4.79 Å². The molecule has 4 heteroatoms. The Balaban J connectivity index is 2.13.